The van der Waals surface area contributed by atoms with Gasteiger partial charge in [-0.15, -0.1) is 0 Å². The second kappa shape index (κ2) is 6.00. The van der Waals surface area contributed by atoms with Crippen LogP contribution in [0.15, 0.2) is 41.2 Å². The Morgan fingerprint density at radius 2 is 1.48 bits per heavy atom. The van der Waals surface area contributed by atoms with Crippen molar-refractivity contribution in [2.75, 3.05) is 21.3 Å². The van der Waals surface area contributed by atoms with E-state index in [1.165, 1.54) is 0 Å². The molecule has 23 heavy (non-hydrogen) atoms. The quantitative estimate of drug-likeness (QED) is 0.801. The zero-order valence-electron chi connectivity index (χ0n) is 13.0. The third kappa shape index (κ3) is 2.70. The largest absolute Gasteiger partial charge is 0.497 e. The molecule has 1 N–H and O–H groups in total. The van der Waals surface area contributed by atoms with Crippen LogP contribution in [-0.4, -0.2) is 31.5 Å². The normalized spacial score (nSPS) is 10.6. The Morgan fingerprint density at radius 1 is 0.826 bits per heavy atom. The lowest BCUT2D eigenvalue weighted by molar-refractivity contribution is 0.394. The van der Waals surface area contributed by atoms with E-state index in [0.717, 1.165) is 10.9 Å². The molecule has 0 unspecified atom stereocenters. The van der Waals surface area contributed by atoms with Crippen LogP contribution in [0.1, 0.15) is 0 Å². The summed E-state index contributed by atoms with van der Waals surface area (Å²) in [4.78, 5) is 12.1. The summed E-state index contributed by atoms with van der Waals surface area (Å²) in [5.74, 6) is 1.91. The molecular weight excluding hydrogens is 296 g/mol. The zero-order chi connectivity index (χ0) is 16.4. The number of H-pyrrole nitrogens is 1. The number of ether oxygens (including phenoxy) is 3. The highest BCUT2D eigenvalue weighted by Gasteiger charge is 2.12. The number of nitrogens with one attached hydrogen (secondary N) is 1. The average molecular weight is 312 g/mol. The monoisotopic (exact) mass is 312 g/mol. The highest BCUT2D eigenvalue weighted by Crippen LogP contribution is 2.32. The summed E-state index contributed by atoms with van der Waals surface area (Å²) in [6, 6.07) is 10.8. The van der Waals surface area contributed by atoms with Crippen molar-refractivity contribution in [1.82, 2.24) is 10.2 Å². The highest BCUT2D eigenvalue weighted by molar-refractivity contribution is 5.94. The van der Waals surface area contributed by atoms with Gasteiger partial charge in [0.25, 0.3) is 5.56 Å². The standard InChI is InChI=1S/C17H16N2O4/c1-21-11-4-5-14-15(9-11)17(20)19-18-16(14)10-6-12(22-2)8-13(7-10)23-3/h4-9H,1-3H3,(H,19,20). The van der Waals surface area contributed by atoms with Crippen LogP contribution < -0.4 is 19.8 Å². The number of fused-ring (bicyclic) bond motifs is 1. The molecule has 6 heteroatoms. The molecule has 1 aromatic heterocycles. The van der Waals surface area contributed by atoms with Gasteiger partial charge in [0.15, 0.2) is 0 Å². The second-order valence-corrected chi connectivity index (χ2v) is 4.91. The van der Waals surface area contributed by atoms with E-state index in [2.05, 4.69) is 10.2 Å². The molecule has 3 aromatic rings. The first-order chi connectivity index (χ1) is 11.2. The molecule has 0 fully saturated rings. The number of rotatable bonds is 4. The van der Waals surface area contributed by atoms with Crippen molar-refractivity contribution in [3.63, 3.8) is 0 Å². The molecule has 0 radical (unpaired) electrons. The van der Waals surface area contributed by atoms with Crippen molar-refractivity contribution in [1.29, 1.82) is 0 Å². The summed E-state index contributed by atoms with van der Waals surface area (Å²) in [6.07, 6.45) is 0. The summed E-state index contributed by atoms with van der Waals surface area (Å²) in [5, 5.41) is 7.96. The van der Waals surface area contributed by atoms with Gasteiger partial charge < -0.3 is 14.2 Å². The van der Waals surface area contributed by atoms with E-state index < -0.39 is 0 Å². The lowest BCUT2D eigenvalue weighted by atomic mass is 10.0. The Bertz CT molecular complexity index is 896. The lowest BCUT2D eigenvalue weighted by Crippen LogP contribution is -2.09. The maximum absolute atomic E-state index is 12.1. The molecule has 1 heterocycles. The minimum absolute atomic E-state index is 0.266. The topological polar surface area (TPSA) is 73.4 Å². The van der Waals surface area contributed by atoms with Crippen LogP contribution in [-0.2, 0) is 0 Å². The van der Waals surface area contributed by atoms with Gasteiger partial charge >= 0.3 is 0 Å². The van der Waals surface area contributed by atoms with Gasteiger partial charge in [-0.3, -0.25) is 4.79 Å². The van der Waals surface area contributed by atoms with E-state index in [1.807, 2.05) is 18.2 Å². The van der Waals surface area contributed by atoms with Gasteiger partial charge in [0.2, 0.25) is 0 Å². The van der Waals surface area contributed by atoms with Gasteiger partial charge in [0.05, 0.1) is 32.4 Å². The van der Waals surface area contributed by atoms with Gasteiger partial charge in [0, 0.05) is 17.0 Å². The smallest absolute Gasteiger partial charge is 0.272 e. The molecule has 0 amide bonds. The fourth-order valence-electron chi connectivity index (χ4n) is 2.44. The van der Waals surface area contributed by atoms with Crippen molar-refractivity contribution in [3.8, 4) is 28.5 Å². The Labute approximate surface area is 132 Å². The van der Waals surface area contributed by atoms with E-state index in [9.17, 15) is 4.79 Å². The first kappa shape index (κ1) is 14.9. The number of hydrogen-bond acceptors (Lipinski definition) is 5. The molecule has 3 rings (SSSR count). The molecule has 0 spiro atoms. The summed E-state index contributed by atoms with van der Waals surface area (Å²) in [6.45, 7) is 0. The first-order valence-electron chi connectivity index (χ1n) is 6.96. The predicted octanol–water partition coefficient (Wildman–Crippen LogP) is 2.62. The summed E-state index contributed by atoms with van der Waals surface area (Å²) < 4.78 is 15.8. The number of hydrogen-bond donors (Lipinski definition) is 1. The van der Waals surface area contributed by atoms with Gasteiger partial charge in [0.1, 0.15) is 17.2 Å². The van der Waals surface area contributed by atoms with E-state index in [-0.39, 0.29) is 5.56 Å². The number of nitrogens with zero attached hydrogens (tertiary/aromatic N) is 1. The van der Waals surface area contributed by atoms with Crippen molar-refractivity contribution in [2.24, 2.45) is 0 Å². The van der Waals surface area contributed by atoms with Crippen LogP contribution in [0, 0.1) is 0 Å². The SMILES string of the molecule is COc1cc(OC)cc(-c2n[nH]c(=O)c3cc(OC)ccc23)c1. The molecule has 0 saturated heterocycles. The van der Waals surface area contributed by atoms with E-state index in [1.54, 1.807) is 39.5 Å². The van der Waals surface area contributed by atoms with Crippen molar-refractivity contribution < 1.29 is 14.2 Å². The van der Waals surface area contributed by atoms with E-state index in [4.69, 9.17) is 14.2 Å². The molecule has 0 saturated carbocycles. The minimum atomic E-state index is -0.266. The van der Waals surface area contributed by atoms with Gasteiger partial charge in [-0.1, -0.05) is 0 Å². The van der Waals surface area contributed by atoms with Gasteiger partial charge in [-0.25, -0.2) is 5.10 Å². The fourth-order valence-corrected chi connectivity index (χ4v) is 2.44. The summed E-state index contributed by atoms with van der Waals surface area (Å²) in [5.41, 5.74) is 1.16. The van der Waals surface area contributed by atoms with E-state index in [0.29, 0.717) is 28.3 Å². The maximum atomic E-state index is 12.1. The van der Waals surface area contributed by atoms with Crippen molar-refractivity contribution in [3.05, 3.63) is 46.8 Å². The van der Waals surface area contributed by atoms with Crippen LogP contribution >= 0.6 is 0 Å². The first-order valence-corrected chi connectivity index (χ1v) is 6.96. The minimum Gasteiger partial charge on any atom is -0.497 e. The average Bonchev–Trinajstić information content (AvgIpc) is 2.61. The Hall–Kier alpha value is -3.02. The molecule has 0 aliphatic heterocycles. The predicted molar refractivity (Wildman–Crippen MR) is 87.5 cm³/mol. The van der Waals surface area contributed by atoms with E-state index >= 15 is 0 Å². The number of methoxy groups -OCH3 is 3. The number of benzene rings is 2. The second-order valence-electron chi connectivity index (χ2n) is 4.91. The third-order valence-corrected chi connectivity index (χ3v) is 3.62. The zero-order valence-corrected chi connectivity index (χ0v) is 13.0. The third-order valence-electron chi connectivity index (χ3n) is 3.62. The summed E-state index contributed by atoms with van der Waals surface area (Å²) in [7, 11) is 4.73. The molecule has 2 aromatic carbocycles. The molecule has 0 aliphatic carbocycles. The van der Waals surface area contributed by atoms with Crippen LogP contribution in [0.3, 0.4) is 0 Å². The number of aromatic amines is 1. The Kier molecular flexibility index (Phi) is 3.89. The fraction of sp³-hybridized carbons (Fsp3) is 0.176. The van der Waals surface area contributed by atoms with Crippen molar-refractivity contribution in [2.45, 2.75) is 0 Å². The van der Waals surface area contributed by atoms with Gasteiger partial charge in [-0.2, -0.15) is 5.10 Å². The molecule has 0 bridgehead atoms. The molecule has 0 atom stereocenters. The molecule has 6 nitrogen and oxygen atoms in total. The van der Waals surface area contributed by atoms with Crippen LogP contribution in [0.25, 0.3) is 22.0 Å². The highest BCUT2D eigenvalue weighted by atomic mass is 16.5. The van der Waals surface area contributed by atoms with Crippen LogP contribution in [0.5, 0.6) is 17.2 Å². The number of aromatic nitrogens is 2. The summed E-state index contributed by atoms with van der Waals surface area (Å²) >= 11 is 0. The molecule has 0 aliphatic rings. The van der Waals surface area contributed by atoms with Crippen LogP contribution in [0.4, 0.5) is 0 Å². The molecule has 118 valence electrons. The Morgan fingerprint density at radius 3 is 2.09 bits per heavy atom. The maximum Gasteiger partial charge on any atom is 0.272 e. The molecular formula is C17H16N2O4. The van der Waals surface area contributed by atoms with Crippen LogP contribution in [0.2, 0.25) is 0 Å². The lowest BCUT2D eigenvalue weighted by Gasteiger charge is -2.10. The van der Waals surface area contributed by atoms with Gasteiger partial charge in [-0.05, 0) is 30.3 Å². The van der Waals surface area contributed by atoms with Crippen molar-refractivity contribution >= 4 is 10.8 Å². The Balaban J connectivity index is 2.28.